The molecule has 7 heteroatoms. The summed E-state index contributed by atoms with van der Waals surface area (Å²) < 4.78 is 35.8. The van der Waals surface area contributed by atoms with Crippen LogP contribution in [0.4, 0.5) is 13.2 Å². The van der Waals surface area contributed by atoms with Gasteiger partial charge in [-0.1, -0.05) is 24.3 Å². The van der Waals surface area contributed by atoms with Crippen molar-refractivity contribution in [2.75, 3.05) is 20.1 Å². The van der Waals surface area contributed by atoms with Gasteiger partial charge in [-0.2, -0.15) is 13.2 Å². The third kappa shape index (κ3) is 6.53. The number of alkyl halides is 3. The Morgan fingerprint density at radius 1 is 1.35 bits per heavy atom. The molecular weight excluding hydrogens is 271 g/mol. The van der Waals surface area contributed by atoms with E-state index < -0.39 is 18.6 Å². The maximum atomic E-state index is 11.9. The molecule has 0 fully saturated rings. The summed E-state index contributed by atoms with van der Waals surface area (Å²) in [6, 6.07) is 7.53. The van der Waals surface area contributed by atoms with Gasteiger partial charge < -0.3 is 11.1 Å². The van der Waals surface area contributed by atoms with Crippen molar-refractivity contribution in [1.29, 1.82) is 0 Å². The third-order valence-electron chi connectivity index (χ3n) is 2.58. The molecule has 0 aliphatic carbocycles. The molecule has 4 nitrogen and oxygen atoms in total. The number of nitrogens with zero attached hydrogens (tertiary/aromatic N) is 1. The molecule has 0 aliphatic heterocycles. The van der Waals surface area contributed by atoms with Crippen molar-refractivity contribution in [2.24, 2.45) is 5.73 Å². The van der Waals surface area contributed by atoms with E-state index in [2.05, 4.69) is 0 Å². The zero-order valence-corrected chi connectivity index (χ0v) is 11.2. The normalized spacial score (nSPS) is 11.7. The third-order valence-corrected chi connectivity index (χ3v) is 2.58. The van der Waals surface area contributed by atoms with Crippen LogP contribution in [0, 0.1) is 0 Å². The van der Waals surface area contributed by atoms with Crippen LogP contribution in [0.1, 0.15) is 11.1 Å². The molecule has 20 heavy (non-hydrogen) atoms. The Bertz CT molecular complexity index is 449. The van der Waals surface area contributed by atoms with Gasteiger partial charge >= 0.3 is 6.18 Å². The molecule has 1 amide bonds. The monoisotopic (exact) mass is 289 g/mol. The molecule has 0 bridgehead atoms. The van der Waals surface area contributed by atoms with Crippen LogP contribution in [-0.2, 0) is 17.9 Å². The van der Waals surface area contributed by atoms with Gasteiger partial charge in [0, 0.05) is 13.1 Å². The van der Waals surface area contributed by atoms with Crippen LogP contribution >= 0.6 is 0 Å². The highest BCUT2D eigenvalue weighted by Crippen LogP contribution is 2.12. The predicted octanol–water partition coefficient (Wildman–Crippen LogP) is 1.26. The number of hydrogen-bond acceptors (Lipinski definition) is 3. The largest absolute Gasteiger partial charge is 0.405 e. The van der Waals surface area contributed by atoms with Crippen molar-refractivity contribution < 1.29 is 18.0 Å². The highest BCUT2D eigenvalue weighted by molar-refractivity contribution is 5.78. The van der Waals surface area contributed by atoms with E-state index in [1.54, 1.807) is 11.9 Å². The zero-order chi connectivity index (χ0) is 15.2. The fourth-order valence-corrected chi connectivity index (χ4v) is 1.72. The number of halogens is 3. The lowest BCUT2D eigenvalue weighted by atomic mass is 10.1. The van der Waals surface area contributed by atoms with Crippen LogP contribution in [0.15, 0.2) is 24.3 Å². The summed E-state index contributed by atoms with van der Waals surface area (Å²) >= 11 is 0. The van der Waals surface area contributed by atoms with Crippen molar-refractivity contribution in [1.82, 2.24) is 10.2 Å². The smallest absolute Gasteiger partial charge is 0.346 e. The molecule has 0 aliphatic rings. The zero-order valence-electron chi connectivity index (χ0n) is 11.2. The van der Waals surface area contributed by atoms with Crippen molar-refractivity contribution in [3.05, 3.63) is 35.4 Å². The molecule has 1 aromatic carbocycles. The first-order chi connectivity index (χ1) is 9.30. The number of benzene rings is 1. The fourth-order valence-electron chi connectivity index (χ4n) is 1.72. The van der Waals surface area contributed by atoms with Gasteiger partial charge in [-0.25, -0.2) is 0 Å². The summed E-state index contributed by atoms with van der Waals surface area (Å²) in [7, 11) is 1.67. The molecule has 112 valence electrons. The van der Waals surface area contributed by atoms with E-state index in [1.165, 1.54) is 0 Å². The average Bonchev–Trinajstić information content (AvgIpc) is 2.35. The van der Waals surface area contributed by atoms with Gasteiger partial charge in [0.15, 0.2) is 0 Å². The number of likely N-dealkylation sites (N-methyl/N-ethyl adjacent to an activating group) is 1. The van der Waals surface area contributed by atoms with Crippen molar-refractivity contribution in [2.45, 2.75) is 19.3 Å². The number of nitrogens with two attached hydrogens (primary N) is 1. The number of carbonyl (C=O) groups excluding carboxylic acids is 1. The van der Waals surface area contributed by atoms with Gasteiger partial charge in [-0.05, 0) is 18.2 Å². The Balaban J connectivity index is 2.42. The number of amides is 1. The van der Waals surface area contributed by atoms with E-state index >= 15 is 0 Å². The SMILES string of the molecule is CN(CC(=O)NCC(F)(F)F)Cc1cccc(CN)c1. The van der Waals surface area contributed by atoms with Crippen LogP contribution in [-0.4, -0.2) is 37.1 Å². The maximum absolute atomic E-state index is 11.9. The standard InChI is InChI=1S/C13H18F3N3O/c1-19(8-12(20)18-9-13(14,15)16)7-11-4-2-3-10(5-11)6-17/h2-5H,6-9,17H2,1H3,(H,18,20). The minimum Gasteiger partial charge on any atom is -0.346 e. The van der Waals surface area contributed by atoms with Crippen LogP contribution in [0.5, 0.6) is 0 Å². The second-order valence-electron chi connectivity index (χ2n) is 4.59. The quantitative estimate of drug-likeness (QED) is 0.829. The van der Waals surface area contributed by atoms with Crippen molar-refractivity contribution in [3.8, 4) is 0 Å². The number of carbonyl (C=O) groups is 1. The minimum atomic E-state index is -4.39. The van der Waals surface area contributed by atoms with E-state index in [1.807, 2.05) is 29.6 Å². The molecule has 0 radical (unpaired) electrons. The summed E-state index contributed by atoms with van der Waals surface area (Å²) in [6.45, 7) is -0.512. The first kappa shape index (κ1) is 16.5. The van der Waals surface area contributed by atoms with Gasteiger partial charge in [0.05, 0.1) is 6.54 Å². The average molecular weight is 289 g/mol. The molecule has 0 spiro atoms. The van der Waals surface area contributed by atoms with E-state index in [9.17, 15) is 18.0 Å². The number of rotatable bonds is 6. The van der Waals surface area contributed by atoms with Crippen molar-refractivity contribution in [3.63, 3.8) is 0 Å². The lowest BCUT2D eigenvalue weighted by molar-refractivity contribution is -0.138. The van der Waals surface area contributed by atoms with Crippen LogP contribution < -0.4 is 11.1 Å². The highest BCUT2D eigenvalue weighted by atomic mass is 19.4. The molecular formula is C13H18F3N3O. The number of hydrogen-bond donors (Lipinski definition) is 2. The summed E-state index contributed by atoms with van der Waals surface area (Å²) in [4.78, 5) is 13.0. The first-order valence-electron chi connectivity index (χ1n) is 6.10. The van der Waals surface area contributed by atoms with Gasteiger partial charge in [0.2, 0.25) is 5.91 Å². The lowest BCUT2D eigenvalue weighted by Gasteiger charge is -2.17. The van der Waals surface area contributed by atoms with Gasteiger partial charge in [0.25, 0.3) is 0 Å². The van der Waals surface area contributed by atoms with E-state index in [4.69, 9.17) is 5.73 Å². The van der Waals surface area contributed by atoms with Crippen molar-refractivity contribution >= 4 is 5.91 Å². The first-order valence-corrected chi connectivity index (χ1v) is 6.10. The molecule has 1 rings (SSSR count). The van der Waals surface area contributed by atoms with Crippen LogP contribution in [0.2, 0.25) is 0 Å². The Hall–Kier alpha value is -1.60. The minimum absolute atomic E-state index is 0.0943. The summed E-state index contributed by atoms with van der Waals surface area (Å²) in [5.74, 6) is -0.653. The molecule has 0 saturated heterocycles. The van der Waals surface area contributed by atoms with Crippen LogP contribution in [0.25, 0.3) is 0 Å². The van der Waals surface area contributed by atoms with Crippen LogP contribution in [0.3, 0.4) is 0 Å². The van der Waals surface area contributed by atoms with E-state index in [0.717, 1.165) is 11.1 Å². The Kier molecular flexibility index (Phi) is 5.97. The lowest BCUT2D eigenvalue weighted by Crippen LogP contribution is -2.39. The molecule has 0 unspecified atom stereocenters. The summed E-state index contributed by atoms with van der Waals surface area (Å²) in [5.41, 5.74) is 7.45. The van der Waals surface area contributed by atoms with E-state index in [0.29, 0.717) is 13.1 Å². The molecule has 0 saturated carbocycles. The Labute approximate surface area is 115 Å². The number of nitrogens with one attached hydrogen (secondary N) is 1. The topological polar surface area (TPSA) is 58.4 Å². The predicted molar refractivity (Wildman–Crippen MR) is 69.7 cm³/mol. The molecule has 0 atom stereocenters. The van der Waals surface area contributed by atoms with Gasteiger partial charge in [0.1, 0.15) is 6.54 Å². The fraction of sp³-hybridized carbons (Fsp3) is 0.462. The van der Waals surface area contributed by atoms with Gasteiger partial charge in [-0.3, -0.25) is 9.69 Å². The second kappa shape index (κ2) is 7.25. The second-order valence-corrected chi connectivity index (χ2v) is 4.59. The highest BCUT2D eigenvalue weighted by Gasteiger charge is 2.27. The Morgan fingerprint density at radius 3 is 2.60 bits per heavy atom. The molecule has 1 aromatic rings. The molecule has 3 N–H and O–H groups in total. The Morgan fingerprint density at radius 2 is 2.00 bits per heavy atom. The molecule has 0 heterocycles. The maximum Gasteiger partial charge on any atom is 0.405 e. The van der Waals surface area contributed by atoms with Gasteiger partial charge in [-0.15, -0.1) is 0 Å². The summed E-state index contributed by atoms with van der Waals surface area (Å²) in [5, 5.41) is 1.84. The van der Waals surface area contributed by atoms with E-state index in [-0.39, 0.29) is 6.54 Å². The summed E-state index contributed by atoms with van der Waals surface area (Å²) in [6.07, 6.45) is -4.39. The molecule has 0 aromatic heterocycles.